The lowest BCUT2D eigenvalue weighted by Crippen LogP contribution is -2.25. The van der Waals surface area contributed by atoms with Crippen LogP contribution in [-0.4, -0.2) is 30.5 Å². The molecule has 2 N–H and O–H groups in total. The molecule has 0 saturated carbocycles. The summed E-state index contributed by atoms with van der Waals surface area (Å²) in [5.74, 6) is -1.00. The molecule has 0 aliphatic carbocycles. The number of nitro groups is 1. The minimum Gasteiger partial charge on any atom is -0.366 e. The summed E-state index contributed by atoms with van der Waals surface area (Å²) >= 11 is 0. The van der Waals surface area contributed by atoms with Crippen molar-refractivity contribution >= 4 is 23.0 Å². The van der Waals surface area contributed by atoms with Crippen LogP contribution < -0.4 is 15.5 Å². The third-order valence-corrected chi connectivity index (χ3v) is 5.34. The first-order valence-electron chi connectivity index (χ1n) is 9.40. The molecule has 2 aromatic carbocycles. The third-order valence-electron chi connectivity index (χ3n) is 5.34. The molecule has 146 valence electrons. The molecule has 2 aliphatic rings. The van der Waals surface area contributed by atoms with E-state index < -0.39 is 16.6 Å². The van der Waals surface area contributed by atoms with Crippen molar-refractivity contribution in [2.45, 2.75) is 25.8 Å². The maximum atomic E-state index is 14.7. The minimum absolute atomic E-state index is 0.0944. The van der Waals surface area contributed by atoms with Gasteiger partial charge in [-0.15, -0.1) is 0 Å². The maximum Gasteiger partial charge on any atom is 0.293 e. The molecule has 2 heterocycles. The third kappa shape index (κ3) is 3.43. The van der Waals surface area contributed by atoms with E-state index in [0.29, 0.717) is 30.8 Å². The monoisotopic (exact) mass is 384 g/mol. The van der Waals surface area contributed by atoms with E-state index in [4.69, 9.17) is 0 Å². The standard InChI is InChI=1S/C20H21FN4O3/c21-19-15-7-8-22-12-14(15)3-5-16(19)23-20(26)13-4-6-17(18(11-13)25(27)28)24-9-1-2-10-24/h3-6,11,22H,1-2,7-10,12H2,(H,23,26). The average Bonchev–Trinajstić information content (AvgIpc) is 3.24. The van der Waals surface area contributed by atoms with Crippen LogP contribution in [-0.2, 0) is 13.0 Å². The van der Waals surface area contributed by atoms with Gasteiger partial charge in [0.05, 0.1) is 10.6 Å². The first-order valence-corrected chi connectivity index (χ1v) is 9.40. The largest absolute Gasteiger partial charge is 0.366 e. The first kappa shape index (κ1) is 18.4. The predicted octanol–water partition coefficient (Wildman–Crippen LogP) is 3.23. The van der Waals surface area contributed by atoms with Gasteiger partial charge in [0.2, 0.25) is 0 Å². The Morgan fingerprint density at radius 2 is 2.00 bits per heavy atom. The van der Waals surface area contributed by atoms with Crippen molar-refractivity contribution in [3.63, 3.8) is 0 Å². The van der Waals surface area contributed by atoms with Crippen LogP contribution in [0.3, 0.4) is 0 Å². The molecule has 0 bridgehead atoms. The highest BCUT2D eigenvalue weighted by Gasteiger charge is 2.24. The van der Waals surface area contributed by atoms with Crippen LogP contribution in [0.1, 0.15) is 34.3 Å². The lowest BCUT2D eigenvalue weighted by Gasteiger charge is -2.20. The Morgan fingerprint density at radius 3 is 2.75 bits per heavy atom. The Kier molecular flexibility index (Phi) is 4.95. The van der Waals surface area contributed by atoms with Gasteiger partial charge in [-0.3, -0.25) is 14.9 Å². The highest BCUT2D eigenvalue weighted by molar-refractivity contribution is 6.05. The number of nitro benzene ring substituents is 1. The minimum atomic E-state index is -0.566. The van der Waals surface area contributed by atoms with Gasteiger partial charge in [-0.1, -0.05) is 6.07 Å². The van der Waals surface area contributed by atoms with E-state index in [1.807, 2.05) is 4.90 Å². The van der Waals surface area contributed by atoms with Crippen molar-refractivity contribution in [1.29, 1.82) is 0 Å². The second kappa shape index (κ2) is 7.55. The highest BCUT2D eigenvalue weighted by atomic mass is 19.1. The molecule has 2 aromatic rings. The summed E-state index contributed by atoms with van der Waals surface area (Å²) in [5.41, 5.74) is 2.13. The van der Waals surface area contributed by atoms with Gasteiger partial charge in [0, 0.05) is 31.3 Å². The van der Waals surface area contributed by atoms with Crippen molar-refractivity contribution in [3.05, 3.63) is 63.0 Å². The molecular weight excluding hydrogens is 363 g/mol. The Hall–Kier alpha value is -3.00. The van der Waals surface area contributed by atoms with E-state index in [9.17, 15) is 19.3 Å². The van der Waals surface area contributed by atoms with Gasteiger partial charge in [-0.05, 0) is 55.1 Å². The summed E-state index contributed by atoms with van der Waals surface area (Å²) in [4.78, 5) is 25.6. The molecule has 0 unspecified atom stereocenters. The zero-order valence-corrected chi connectivity index (χ0v) is 15.3. The van der Waals surface area contributed by atoms with Gasteiger partial charge < -0.3 is 15.5 Å². The van der Waals surface area contributed by atoms with Gasteiger partial charge >= 0.3 is 0 Å². The zero-order valence-electron chi connectivity index (χ0n) is 15.3. The number of fused-ring (bicyclic) bond motifs is 1. The second-order valence-electron chi connectivity index (χ2n) is 7.10. The van der Waals surface area contributed by atoms with Gasteiger partial charge in [-0.2, -0.15) is 0 Å². The van der Waals surface area contributed by atoms with E-state index >= 15 is 0 Å². The molecule has 1 fully saturated rings. The second-order valence-corrected chi connectivity index (χ2v) is 7.10. The number of rotatable bonds is 4. The number of nitrogens with one attached hydrogen (secondary N) is 2. The van der Waals surface area contributed by atoms with Crippen molar-refractivity contribution in [1.82, 2.24) is 5.32 Å². The van der Waals surface area contributed by atoms with E-state index in [1.54, 1.807) is 18.2 Å². The molecule has 0 radical (unpaired) electrons. The van der Waals surface area contributed by atoms with Gasteiger partial charge in [-0.25, -0.2) is 4.39 Å². The fourth-order valence-corrected chi connectivity index (χ4v) is 3.86. The summed E-state index contributed by atoms with van der Waals surface area (Å²) < 4.78 is 14.7. The molecule has 0 atom stereocenters. The van der Waals surface area contributed by atoms with Crippen LogP contribution in [0.4, 0.5) is 21.5 Å². The zero-order chi connectivity index (χ0) is 19.7. The Labute approximate surface area is 161 Å². The van der Waals surface area contributed by atoms with Crippen LogP contribution >= 0.6 is 0 Å². The molecule has 28 heavy (non-hydrogen) atoms. The van der Waals surface area contributed by atoms with Crippen LogP contribution in [0, 0.1) is 15.9 Å². The molecule has 8 heteroatoms. The van der Waals surface area contributed by atoms with Crippen LogP contribution in [0.25, 0.3) is 0 Å². The number of hydrogen-bond acceptors (Lipinski definition) is 5. The lowest BCUT2D eigenvalue weighted by atomic mass is 9.99. The molecule has 1 amide bonds. The molecule has 2 aliphatic heterocycles. The smallest absolute Gasteiger partial charge is 0.293 e. The fraction of sp³-hybridized carbons (Fsp3) is 0.350. The van der Waals surface area contributed by atoms with Gasteiger partial charge in [0.1, 0.15) is 11.5 Å². The molecule has 7 nitrogen and oxygen atoms in total. The van der Waals surface area contributed by atoms with Crippen LogP contribution in [0.15, 0.2) is 30.3 Å². The number of amides is 1. The summed E-state index contributed by atoms with van der Waals surface area (Å²) in [6.07, 6.45) is 2.54. The number of nitrogens with zero attached hydrogens (tertiary/aromatic N) is 2. The average molecular weight is 384 g/mol. The van der Waals surface area contributed by atoms with Crippen LogP contribution in [0.5, 0.6) is 0 Å². The molecular formula is C20H21FN4O3. The number of anilines is 2. The number of hydrogen-bond donors (Lipinski definition) is 2. The topological polar surface area (TPSA) is 87.5 Å². The number of carbonyl (C=O) groups excluding carboxylic acids is 1. The van der Waals surface area contributed by atoms with Crippen molar-refractivity contribution in [2.24, 2.45) is 0 Å². The fourth-order valence-electron chi connectivity index (χ4n) is 3.86. The van der Waals surface area contributed by atoms with Crippen molar-refractivity contribution in [3.8, 4) is 0 Å². The van der Waals surface area contributed by atoms with Gasteiger partial charge in [0.25, 0.3) is 11.6 Å². The first-order chi connectivity index (χ1) is 13.5. The quantitative estimate of drug-likeness (QED) is 0.624. The molecule has 0 aromatic heterocycles. The summed E-state index contributed by atoms with van der Waals surface area (Å²) in [6, 6.07) is 7.75. The lowest BCUT2D eigenvalue weighted by molar-refractivity contribution is -0.384. The SMILES string of the molecule is O=C(Nc1ccc2c(c1F)CCNC2)c1ccc(N2CCCC2)c([N+](=O)[O-])c1. The highest BCUT2D eigenvalue weighted by Crippen LogP contribution is 2.32. The maximum absolute atomic E-state index is 14.7. The Bertz CT molecular complexity index is 941. The van der Waals surface area contributed by atoms with E-state index in [2.05, 4.69) is 10.6 Å². The van der Waals surface area contributed by atoms with Crippen molar-refractivity contribution in [2.75, 3.05) is 29.9 Å². The molecule has 1 saturated heterocycles. The number of carbonyl (C=O) groups is 1. The van der Waals surface area contributed by atoms with Crippen LogP contribution in [0.2, 0.25) is 0 Å². The summed E-state index contributed by atoms with van der Waals surface area (Å²) in [5, 5.41) is 17.2. The van der Waals surface area contributed by atoms with E-state index in [0.717, 1.165) is 31.5 Å². The summed E-state index contributed by atoms with van der Waals surface area (Å²) in [7, 11) is 0. The number of benzene rings is 2. The van der Waals surface area contributed by atoms with Gasteiger partial charge in [0.15, 0.2) is 0 Å². The number of halogens is 1. The van der Waals surface area contributed by atoms with E-state index in [1.165, 1.54) is 12.1 Å². The normalized spacial score (nSPS) is 16.0. The Balaban J connectivity index is 1.60. The van der Waals surface area contributed by atoms with Crippen molar-refractivity contribution < 1.29 is 14.1 Å². The van der Waals surface area contributed by atoms with E-state index in [-0.39, 0.29) is 16.9 Å². The molecule has 4 rings (SSSR count). The molecule has 0 spiro atoms. The predicted molar refractivity (Wildman–Crippen MR) is 104 cm³/mol. The summed E-state index contributed by atoms with van der Waals surface area (Å²) in [6.45, 7) is 2.82. The Morgan fingerprint density at radius 1 is 1.21 bits per heavy atom.